The van der Waals surface area contributed by atoms with Crippen LogP contribution in [0.4, 0.5) is 13.2 Å². The number of halogens is 3. The lowest BCUT2D eigenvalue weighted by atomic mass is 10.1. The van der Waals surface area contributed by atoms with Crippen LogP contribution in [0.2, 0.25) is 0 Å². The molecule has 0 radical (unpaired) electrons. The van der Waals surface area contributed by atoms with Crippen LogP contribution in [0.15, 0.2) is 24.7 Å². The maximum absolute atomic E-state index is 12.4. The van der Waals surface area contributed by atoms with Crippen LogP contribution in [0.5, 0.6) is 0 Å². The third-order valence-electron chi connectivity index (χ3n) is 4.66. The van der Waals surface area contributed by atoms with Gasteiger partial charge in [-0.1, -0.05) is 0 Å². The molecule has 9 heteroatoms. The van der Waals surface area contributed by atoms with Crippen LogP contribution < -0.4 is 0 Å². The number of fused-ring (bicyclic) bond motifs is 2. The standard InChI is InChI=1S/C19H19F3N6/c1-10(2)28-11(3)26-18-15(28)6-12(7-24-18)13-8-25-17-14(13)9-23-16(27-17)4-5-19(20,21)22/h6-10H,4-5H2,1-3H3,(H,23,25,27). The molecule has 4 heterocycles. The summed E-state index contributed by atoms with van der Waals surface area (Å²) in [5, 5.41) is 0.740. The number of hydrogen-bond donors (Lipinski definition) is 1. The zero-order valence-electron chi connectivity index (χ0n) is 15.7. The second-order valence-corrected chi connectivity index (χ2v) is 7.06. The number of pyridine rings is 1. The Bertz CT molecular complexity index is 1160. The van der Waals surface area contributed by atoms with E-state index in [0.29, 0.717) is 11.3 Å². The van der Waals surface area contributed by atoms with Crippen LogP contribution in [0.25, 0.3) is 33.3 Å². The number of hydrogen-bond acceptors (Lipinski definition) is 4. The Hall–Kier alpha value is -2.97. The maximum Gasteiger partial charge on any atom is 0.389 e. The van der Waals surface area contributed by atoms with E-state index < -0.39 is 12.6 Å². The molecule has 0 aliphatic carbocycles. The van der Waals surface area contributed by atoms with Crippen molar-refractivity contribution in [3.8, 4) is 11.1 Å². The Kier molecular flexibility index (Phi) is 4.32. The van der Waals surface area contributed by atoms with Crippen LogP contribution in [0.1, 0.15) is 38.0 Å². The third-order valence-corrected chi connectivity index (χ3v) is 4.66. The number of nitrogens with one attached hydrogen (secondary N) is 1. The van der Waals surface area contributed by atoms with Crippen LogP contribution in [0, 0.1) is 6.92 Å². The van der Waals surface area contributed by atoms with Gasteiger partial charge in [0.2, 0.25) is 0 Å². The molecule has 0 atom stereocenters. The van der Waals surface area contributed by atoms with E-state index in [4.69, 9.17) is 0 Å². The summed E-state index contributed by atoms with van der Waals surface area (Å²) in [6.07, 6.45) is -0.329. The van der Waals surface area contributed by atoms with Crippen molar-refractivity contribution in [2.45, 2.75) is 45.8 Å². The topological polar surface area (TPSA) is 72.3 Å². The van der Waals surface area contributed by atoms with Crippen molar-refractivity contribution in [3.63, 3.8) is 0 Å². The first-order valence-electron chi connectivity index (χ1n) is 8.97. The van der Waals surface area contributed by atoms with Crippen molar-refractivity contribution in [2.24, 2.45) is 0 Å². The van der Waals surface area contributed by atoms with Crippen molar-refractivity contribution in [1.29, 1.82) is 0 Å². The molecule has 0 aromatic carbocycles. The van der Waals surface area contributed by atoms with E-state index in [9.17, 15) is 13.2 Å². The third kappa shape index (κ3) is 3.32. The van der Waals surface area contributed by atoms with Crippen molar-refractivity contribution < 1.29 is 13.2 Å². The predicted molar refractivity (Wildman–Crippen MR) is 99.9 cm³/mol. The number of imidazole rings is 1. The molecule has 0 unspecified atom stereocenters. The first-order chi connectivity index (χ1) is 13.2. The Morgan fingerprint density at radius 3 is 2.64 bits per heavy atom. The molecular weight excluding hydrogens is 369 g/mol. The molecular formula is C19H19F3N6. The van der Waals surface area contributed by atoms with E-state index in [1.165, 1.54) is 0 Å². The van der Waals surface area contributed by atoms with Gasteiger partial charge in [-0.3, -0.25) is 0 Å². The van der Waals surface area contributed by atoms with E-state index in [1.54, 1.807) is 18.6 Å². The van der Waals surface area contributed by atoms with E-state index in [2.05, 4.69) is 43.3 Å². The highest BCUT2D eigenvalue weighted by Crippen LogP contribution is 2.30. The minimum Gasteiger partial charge on any atom is -0.345 e. The Balaban J connectivity index is 1.74. The van der Waals surface area contributed by atoms with Crippen molar-refractivity contribution in [2.75, 3.05) is 0 Å². The number of aromatic amines is 1. The van der Waals surface area contributed by atoms with Crippen molar-refractivity contribution >= 4 is 22.2 Å². The second kappa shape index (κ2) is 6.57. The minimum atomic E-state index is -4.22. The fraction of sp³-hybridized carbons (Fsp3) is 0.368. The molecule has 0 amide bonds. The predicted octanol–water partition coefficient (Wildman–Crippen LogP) is 4.75. The first kappa shape index (κ1) is 18.4. The fourth-order valence-electron chi connectivity index (χ4n) is 3.45. The molecule has 146 valence electrons. The highest BCUT2D eigenvalue weighted by Gasteiger charge is 2.27. The number of rotatable bonds is 4. The summed E-state index contributed by atoms with van der Waals surface area (Å²) in [5.74, 6) is 1.06. The highest BCUT2D eigenvalue weighted by atomic mass is 19.4. The monoisotopic (exact) mass is 388 g/mol. The van der Waals surface area contributed by atoms with Gasteiger partial charge in [0, 0.05) is 47.6 Å². The molecule has 0 aliphatic heterocycles. The van der Waals surface area contributed by atoms with E-state index in [-0.39, 0.29) is 18.3 Å². The van der Waals surface area contributed by atoms with Crippen molar-refractivity contribution in [1.82, 2.24) is 29.5 Å². The molecule has 0 spiro atoms. The van der Waals surface area contributed by atoms with Gasteiger partial charge in [0.05, 0.1) is 11.9 Å². The van der Waals surface area contributed by atoms with E-state index >= 15 is 0 Å². The lowest BCUT2D eigenvalue weighted by molar-refractivity contribution is -0.134. The van der Waals surface area contributed by atoms with Crippen molar-refractivity contribution in [3.05, 3.63) is 36.3 Å². The van der Waals surface area contributed by atoms with Crippen LogP contribution in [0.3, 0.4) is 0 Å². The van der Waals surface area contributed by atoms with Crippen LogP contribution in [-0.2, 0) is 6.42 Å². The SMILES string of the molecule is Cc1nc2ncc(-c3c[nH]c4nc(CCC(F)(F)F)ncc34)cc2n1C(C)C. The lowest BCUT2D eigenvalue weighted by Gasteiger charge is -2.11. The summed E-state index contributed by atoms with van der Waals surface area (Å²) >= 11 is 0. The summed E-state index contributed by atoms with van der Waals surface area (Å²) in [6.45, 7) is 6.12. The van der Waals surface area contributed by atoms with Crippen LogP contribution >= 0.6 is 0 Å². The molecule has 4 rings (SSSR count). The van der Waals surface area contributed by atoms with Gasteiger partial charge in [0.1, 0.15) is 17.3 Å². The van der Waals surface area contributed by atoms with Gasteiger partial charge in [0.15, 0.2) is 5.65 Å². The van der Waals surface area contributed by atoms with Gasteiger partial charge in [-0.2, -0.15) is 13.2 Å². The summed E-state index contributed by atoms with van der Waals surface area (Å²) in [4.78, 5) is 20.3. The Labute approximate surface area is 158 Å². The summed E-state index contributed by atoms with van der Waals surface area (Å²) in [7, 11) is 0. The second-order valence-electron chi connectivity index (χ2n) is 7.06. The normalized spacial score (nSPS) is 12.5. The molecule has 6 nitrogen and oxygen atoms in total. The van der Waals surface area contributed by atoms with Gasteiger partial charge in [0.25, 0.3) is 0 Å². The van der Waals surface area contributed by atoms with E-state index in [1.807, 2.05) is 13.0 Å². The molecule has 0 aliphatic rings. The average molecular weight is 388 g/mol. The molecule has 0 bridgehead atoms. The quantitative estimate of drug-likeness (QED) is 0.547. The van der Waals surface area contributed by atoms with Gasteiger partial charge < -0.3 is 9.55 Å². The molecule has 28 heavy (non-hydrogen) atoms. The first-order valence-corrected chi connectivity index (χ1v) is 8.97. The average Bonchev–Trinajstić information content (AvgIpc) is 3.18. The fourth-order valence-corrected chi connectivity index (χ4v) is 3.45. The smallest absolute Gasteiger partial charge is 0.345 e. The number of nitrogens with zero attached hydrogens (tertiary/aromatic N) is 5. The minimum absolute atomic E-state index is 0.167. The molecule has 0 saturated heterocycles. The number of aromatic nitrogens is 6. The lowest BCUT2D eigenvalue weighted by Crippen LogP contribution is -2.10. The molecule has 0 saturated carbocycles. The van der Waals surface area contributed by atoms with E-state index in [0.717, 1.165) is 27.9 Å². The molecule has 0 fully saturated rings. The van der Waals surface area contributed by atoms with Gasteiger partial charge in [-0.05, 0) is 26.8 Å². The number of alkyl halides is 3. The Morgan fingerprint density at radius 2 is 1.93 bits per heavy atom. The van der Waals surface area contributed by atoms with Gasteiger partial charge in [-0.15, -0.1) is 0 Å². The summed E-state index contributed by atoms with van der Waals surface area (Å²) in [5.41, 5.74) is 3.84. The van der Waals surface area contributed by atoms with Gasteiger partial charge in [-0.25, -0.2) is 19.9 Å². The number of aryl methyl sites for hydroxylation is 2. The zero-order chi connectivity index (χ0) is 20.1. The zero-order valence-corrected chi connectivity index (χ0v) is 15.7. The van der Waals surface area contributed by atoms with Crippen LogP contribution in [-0.4, -0.2) is 35.7 Å². The molecule has 1 N–H and O–H groups in total. The molecule has 4 aromatic rings. The molecule has 4 aromatic heterocycles. The summed E-state index contributed by atoms with van der Waals surface area (Å²) < 4.78 is 39.4. The largest absolute Gasteiger partial charge is 0.389 e. The summed E-state index contributed by atoms with van der Waals surface area (Å²) in [6, 6.07) is 2.26. The van der Waals surface area contributed by atoms with Gasteiger partial charge >= 0.3 is 6.18 Å². The Morgan fingerprint density at radius 1 is 1.14 bits per heavy atom. The maximum atomic E-state index is 12.4. The highest BCUT2D eigenvalue weighted by molar-refractivity contribution is 5.94. The number of H-pyrrole nitrogens is 1.